The van der Waals surface area contributed by atoms with Crippen molar-refractivity contribution in [2.75, 3.05) is 13.7 Å². The van der Waals surface area contributed by atoms with Crippen molar-refractivity contribution in [3.63, 3.8) is 0 Å². The van der Waals surface area contributed by atoms with Gasteiger partial charge in [-0.25, -0.2) is 4.39 Å². The number of benzene rings is 2. The molecule has 2 N–H and O–H groups in total. The van der Waals surface area contributed by atoms with Crippen LogP contribution in [0.3, 0.4) is 0 Å². The molecule has 0 aromatic heterocycles. The Morgan fingerprint density at radius 1 is 1.29 bits per heavy atom. The summed E-state index contributed by atoms with van der Waals surface area (Å²) in [6, 6.07) is 9.97. The second kappa shape index (κ2) is 11.0. The minimum atomic E-state index is -0.278. The molecule has 148 valence electrons. The molecule has 2 aromatic rings. The fourth-order valence-electron chi connectivity index (χ4n) is 2.48. The van der Waals surface area contributed by atoms with Crippen molar-refractivity contribution >= 4 is 23.5 Å². The number of methoxy groups -OCH3 is 1. The SMILES string of the molecule is C=CCc1cc(C=NNC(=S)NCC)cc(OC)c1OCc1ccc(F)cc1. The molecule has 0 atom stereocenters. The predicted molar refractivity (Wildman–Crippen MR) is 115 cm³/mol. The van der Waals surface area contributed by atoms with Crippen LogP contribution in [0.2, 0.25) is 0 Å². The third-order valence-corrected chi connectivity index (χ3v) is 3.99. The van der Waals surface area contributed by atoms with Gasteiger partial charge in [0, 0.05) is 12.1 Å². The summed E-state index contributed by atoms with van der Waals surface area (Å²) in [5.74, 6) is 0.928. The maximum absolute atomic E-state index is 13.1. The molecule has 5 nitrogen and oxygen atoms in total. The van der Waals surface area contributed by atoms with Crippen molar-refractivity contribution in [1.82, 2.24) is 10.7 Å². The van der Waals surface area contributed by atoms with Crippen molar-refractivity contribution in [1.29, 1.82) is 0 Å². The standard InChI is InChI=1S/C21H24FN3O2S/c1-4-6-17-11-16(13-24-25-21(28)23-5-2)12-19(26-3)20(17)27-14-15-7-9-18(22)10-8-15/h4,7-13H,1,5-6,14H2,2-3H3,(H2,23,25,28). The molecule has 0 aliphatic rings. The molecular weight excluding hydrogens is 377 g/mol. The first-order valence-electron chi connectivity index (χ1n) is 8.83. The molecule has 28 heavy (non-hydrogen) atoms. The number of halogens is 1. The fraction of sp³-hybridized carbons (Fsp3) is 0.238. The topological polar surface area (TPSA) is 54.9 Å². The van der Waals surface area contributed by atoms with E-state index in [1.54, 1.807) is 31.5 Å². The Bertz CT molecular complexity index is 838. The first-order chi connectivity index (χ1) is 13.6. The minimum absolute atomic E-state index is 0.278. The zero-order valence-electron chi connectivity index (χ0n) is 16.0. The quantitative estimate of drug-likeness (QED) is 0.288. The average molecular weight is 402 g/mol. The molecule has 0 unspecified atom stereocenters. The third-order valence-electron chi connectivity index (χ3n) is 3.75. The van der Waals surface area contributed by atoms with Gasteiger partial charge in [0.2, 0.25) is 0 Å². The normalized spacial score (nSPS) is 10.5. The number of nitrogens with one attached hydrogen (secondary N) is 2. The maximum atomic E-state index is 13.1. The Morgan fingerprint density at radius 2 is 2.04 bits per heavy atom. The highest BCUT2D eigenvalue weighted by atomic mass is 32.1. The number of hydrogen-bond donors (Lipinski definition) is 2. The number of hydrazone groups is 1. The second-order valence-electron chi connectivity index (χ2n) is 5.85. The maximum Gasteiger partial charge on any atom is 0.186 e. The lowest BCUT2D eigenvalue weighted by atomic mass is 10.1. The first-order valence-corrected chi connectivity index (χ1v) is 9.24. The molecule has 0 amide bonds. The summed E-state index contributed by atoms with van der Waals surface area (Å²) >= 11 is 5.08. The van der Waals surface area contributed by atoms with Crippen molar-refractivity contribution in [2.24, 2.45) is 5.10 Å². The lowest BCUT2D eigenvalue weighted by molar-refractivity contribution is 0.282. The smallest absolute Gasteiger partial charge is 0.186 e. The highest BCUT2D eigenvalue weighted by molar-refractivity contribution is 7.80. The van der Waals surface area contributed by atoms with Gasteiger partial charge in [-0.05, 0) is 61.0 Å². The third kappa shape index (κ3) is 6.35. The van der Waals surface area contributed by atoms with Crippen LogP contribution in [0.1, 0.15) is 23.6 Å². The van der Waals surface area contributed by atoms with Gasteiger partial charge < -0.3 is 14.8 Å². The number of ether oxygens (including phenoxy) is 2. The molecule has 2 rings (SSSR count). The van der Waals surface area contributed by atoms with Crippen LogP contribution in [0.25, 0.3) is 0 Å². The molecule has 0 spiro atoms. The number of hydrogen-bond acceptors (Lipinski definition) is 4. The Hall–Kier alpha value is -2.93. The summed E-state index contributed by atoms with van der Waals surface area (Å²) in [6.07, 6.45) is 4.04. The van der Waals surface area contributed by atoms with Crippen LogP contribution in [-0.4, -0.2) is 25.0 Å². The Kier molecular flexibility index (Phi) is 8.42. The lowest BCUT2D eigenvalue weighted by Gasteiger charge is -2.16. The van der Waals surface area contributed by atoms with Gasteiger partial charge >= 0.3 is 0 Å². The van der Waals surface area contributed by atoms with E-state index in [1.165, 1.54) is 12.1 Å². The summed E-state index contributed by atoms with van der Waals surface area (Å²) in [6.45, 7) is 6.78. The highest BCUT2D eigenvalue weighted by Gasteiger charge is 2.13. The second-order valence-corrected chi connectivity index (χ2v) is 6.26. The molecule has 0 saturated heterocycles. The van der Waals surface area contributed by atoms with Gasteiger partial charge in [0.25, 0.3) is 0 Å². The number of allylic oxidation sites excluding steroid dienone is 1. The molecule has 0 heterocycles. The van der Waals surface area contributed by atoms with Crippen LogP contribution in [0.15, 0.2) is 54.2 Å². The Balaban J connectivity index is 2.21. The van der Waals surface area contributed by atoms with Crippen LogP contribution >= 0.6 is 12.2 Å². The Morgan fingerprint density at radius 3 is 2.68 bits per heavy atom. The zero-order valence-corrected chi connectivity index (χ0v) is 16.8. The van der Waals surface area contributed by atoms with E-state index >= 15 is 0 Å². The fourth-order valence-corrected chi connectivity index (χ4v) is 2.68. The van der Waals surface area contributed by atoms with E-state index in [2.05, 4.69) is 22.4 Å². The monoisotopic (exact) mass is 401 g/mol. The van der Waals surface area contributed by atoms with E-state index in [0.717, 1.165) is 23.2 Å². The van der Waals surface area contributed by atoms with E-state index < -0.39 is 0 Å². The van der Waals surface area contributed by atoms with E-state index in [-0.39, 0.29) is 5.82 Å². The average Bonchev–Trinajstić information content (AvgIpc) is 2.68. The van der Waals surface area contributed by atoms with Gasteiger partial charge in [-0.3, -0.25) is 5.43 Å². The van der Waals surface area contributed by atoms with Crippen LogP contribution in [-0.2, 0) is 13.0 Å². The molecular formula is C21H24FN3O2S. The predicted octanol–water partition coefficient (Wildman–Crippen LogP) is 3.96. The zero-order chi connectivity index (χ0) is 20.4. The van der Waals surface area contributed by atoms with Gasteiger partial charge in [-0.15, -0.1) is 6.58 Å². The summed E-state index contributed by atoms with van der Waals surface area (Å²) in [4.78, 5) is 0. The number of nitrogens with zero attached hydrogens (tertiary/aromatic N) is 1. The van der Waals surface area contributed by atoms with E-state index in [0.29, 0.717) is 29.6 Å². The molecule has 0 radical (unpaired) electrons. The number of thiocarbonyl (C=S) groups is 1. The summed E-state index contributed by atoms with van der Waals surface area (Å²) in [5, 5.41) is 7.54. The van der Waals surface area contributed by atoms with Gasteiger partial charge in [0.15, 0.2) is 16.6 Å². The van der Waals surface area contributed by atoms with E-state index in [9.17, 15) is 4.39 Å². The summed E-state index contributed by atoms with van der Waals surface area (Å²) in [7, 11) is 1.58. The van der Waals surface area contributed by atoms with Crippen LogP contribution in [0.4, 0.5) is 4.39 Å². The van der Waals surface area contributed by atoms with Gasteiger partial charge in [-0.2, -0.15) is 5.10 Å². The molecule has 0 fully saturated rings. The first kappa shape index (κ1) is 21.4. The Labute approximate surface area is 170 Å². The molecule has 0 bridgehead atoms. The molecule has 0 saturated carbocycles. The van der Waals surface area contributed by atoms with Gasteiger partial charge in [0.05, 0.1) is 13.3 Å². The van der Waals surface area contributed by atoms with Gasteiger partial charge in [0.1, 0.15) is 12.4 Å². The van der Waals surface area contributed by atoms with Crippen LogP contribution in [0, 0.1) is 5.82 Å². The molecule has 0 aliphatic heterocycles. The number of rotatable bonds is 9. The van der Waals surface area contributed by atoms with Crippen molar-refractivity contribution in [2.45, 2.75) is 20.0 Å². The largest absolute Gasteiger partial charge is 0.493 e. The van der Waals surface area contributed by atoms with Crippen molar-refractivity contribution in [3.05, 3.63) is 71.6 Å². The van der Waals surface area contributed by atoms with Gasteiger partial charge in [-0.1, -0.05) is 18.2 Å². The van der Waals surface area contributed by atoms with Crippen LogP contribution < -0.4 is 20.2 Å². The van der Waals surface area contributed by atoms with E-state index in [1.807, 2.05) is 19.1 Å². The van der Waals surface area contributed by atoms with Crippen molar-refractivity contribution in [3.8, 4) is 11.5 Å². The highest BCUT2D eigenvalue weighted by Crippen LogP contribution is 2.34. The van der Waals surface area contributed by atoms with Crippen LogP contribution in [0.5, 0.6) is 11.5 Å². The molecule has 7 heteroatoms. The minimum Gasteiger partial charge on any atom is -0.493 e. The summed E-state index contributed by atoms with van der Waals surface area (Å²) < 4.78 is 24.6. The van der Waals surface area contributed by atoms with Crippen molar-refractivity contribution < 1.29 is 13.9 Å². The molecule has 2 aromatic carbocycles. The van der Waals surface area contributed by atoms with E-state index in [4.69, 9.17) is 21.7 Å². The molecule has 0 aliphatic carbocycles. The summed E-state index contributed by atoms with van der Waals surface area (Å²) in [5.41, 5.74) is 5.35. The lowest BCUT2D eigenvalue weighted by Crippen LogP contribution is -2.31.